The summed E-state index contributed by atoms with van der Waals surface area (Å²) in [5.74, 6) is 1.41. The molecule has 0 unspecified atom stereocenters. The van der Waals surface area contributed by atoms with E-state index in [4.69, 9.17) is 23.2 Å². The minimum absolute atomic E-state index is 0.0359. The monoisotopic (exact) mass is 538 g/mol. The zero-order chi connectivity index (χ0) is 26.0. The summed E-state index contributed by atoms with van der Waals surface area (Å²) < 4.78 is 0. The van der Waals surface area contributed by atoms with Gasteiger partial charge in [-0.05, 0) is 117 Å². The topological polar surface area (TPSA) is 58.2 Å². The first-order chi connectivity index (χ1) is 17.9. The number of hydrogen-bond acceptors (Lipinski definition) is 2. The number of amides is 2. The fourth-order valence-corrected chi connectivity index (χ4v) is 6.02. The van der Waals surface area contributed by atoms with Crippen LogP contribution in [0.3, 0.4) is 0 Å². The average Bonchev–Trinajstić information content (AvgIpc) is 2.89. The predicted molar refractivity (Wildman–Crippen MR) is 153 cm³/mol. The molecule has 0 bridgehead atoms. The van der Waals surface area contributed by atoms with Crippen molar-refractivity contribution in [2.75, 3.05) is 0 Å². The van der Waals surface area contributed by atoms with Gasteiger partial charge in [-0.25, -0.2) is 0 Å². The lowest BCUT2D eigenvalue weighted by molar-refractivity contribution is -0.118. The standard InChI is InChI=1S/C31H36Cl2N2O2/c32-26-5-1-3-22(20-26)11-17-30(36)34-28-13-7-24(8-14-28)19-25-9-15-29(16-10-25)35-31(37)18-12-23-4-2-6-27(33)21-23/h1-6,11-12,17-18,20-21,24-25,28-29H,7-10,13-16,19H2,(H,34,36)(H,35,37). The summed E-state index contributed by atoms with van der Waals surface area (Å²) in [6.45, 7) is 0. The molecule has 0 spiro atoms. The molecule has 2 N–H and O–H groups in total. The van der Waals surface area contributed by atoms with Crippen molar-refractivity contribution in [1.82, 2.24) is 10.6 Å². The number of rotatable bonds is 8. The molecule has 6 heteroatoms. The molecule has 196 valence electrons. The lowest BCUT2D eigenvalue weighted by Crippen LogP contribution is -2.38. The van der Waals surface area contributed by atoms with E-state index >= 15 is 0 Å². The first kappa shape index (κ1) is 27.5. The van der Waals surface area contributed by atoms with Crippen LogP contribution in [0.15, 0.2) is 60.7 Å². The summed E-state index contributed by atoms with van der Waals surface area (Å²) >= 11 is 12.0. The van der Waals surface area contributed by atoms with E-state index in [9.17, 15) is 9.59 Å². The summed E-state index contributed by atoms with van der Waals surface area (Å²) in [4.78, 5) is 24.7. The third-order valence-corrected chi connectivity index (χ3v) is 8.07. The van der Waals surface area contributed by atoms with Crippen molar-refractivity contribution in [2.24, 2.45) is 11.8 Å². The lowest BCUT2D eigenvalue weighted by atomic mass is 9.75. The maximum Gasteiger partial charge on any atom is 0.244 e. The van der Waals surface area contributed by atoms with E-state index in [2.05, 4.69) is 10.6 Å². The SMILES string of the molecule is O=C(C=Cc1cccc(Cl)c1)NC1CCC(CC2CCC(NC(=O)C=Cc3cccc(Cl)c3)CC2)CC1. The maximum absolute atomic E-state index is 12.3. The van der Waals surface area contributed by atoms with E-state index in [1.807, 2.05) is 48.5 Å². The fraction of sp³-hybridized carbons (Fsp3) is 0.419. The molecule has 4 rings (SSSR count). The van der Waals surface area contributed by atoms with Crippen molar-refractivity contribution >= 4 is 47.2 Å². The second-order valence-corrected chi connectivity index (χ2v) is 11.3. The van der Waals surface area contributed by atoms with Gasteiger partial charge in [0.25, 0.3) is 0 Å². The van der Waals surface area contributed by atoms with Gasteiger partial charge >= 0.3 is 0 Å². The molecule has 37 heavy (non-hydrogen) atoms. The van der Waals surface area contributed by atoms with Crippen molar-refractivity contribution in [2.45, 2.75) is 69.9 Å². The lowest BCUT2D eigenvalue weighted by Gasteiger charge is -2.34. The van der Waals surface area contributed by atoms with Crippen LogP contribution in [0.25, 0.3) is 12.2 Å². The Hall–Kier alpha value is -2.56. The van der Waals surface area contributed by atoms with E-state index in [1.165, 1.54) is 32.1 Å². The molecular formula is C31H36Cl2N2O2. The molecule has 0 atom stereocenters. The highest BCUT2D eigenvalue weighted by atomic mass is 35.5. The van der Waals surface area contributed by atoms with Gasteiger partial charge in [-0.1, -0.05) is 47.5 Å². The van der Waals surface area contributed by atoms with Gasteiger partial charge in [0, 0.05) is 34.3 Å². The summed E-state index contributed by atoms with van der Waals surface area (Å²) in [6.07, 6.45) is 17.0. The van der Waals surface area contributed by atoms with Crippen LogP contribution in [0.1, 0.15) is 68.9 Å². The Balaban J connectivity index is 1.11. The molecule has 0 aromatic heterocycles. The largest absolute Gasteiger partial charge is 0.350 e. The molecule has 2 aliphatic carbocycles. The van der Waals surface area contributed by atoms with Crippen LogP contribution < -0.4 is 10.6 Å². The second-order valence-electron chi connectivity index (χ2n) is 10.5. The maximum atomic E-state index is 12.3. The Bertz CT molecular complexity index is 1030. The number of benzene rings is 2. The van der Waals surface area contributed by atoms with Crippen molar-refractivity contribution in [1.29, 1.82) is 0 Å². The van der Waals surface area contributed by atoms with Crippen LogP contribution in [-0.2, 0) is 9.59 Å². The van der Waals surface area contributed by atoms with Crippen molar-refractivity contribution in [3.8, 4) is 0 Å². The van der Waals surface area contributed by atoms with Crippen LogP contribution in [0.2, 0.25) is 10.0 Å². The predicted octanol–water partition coefficient (Wildman–Crippen LogP) is 7.46. The molecule has 2 aromatic carbocycles. The molecule has 0 radical (unpaired) electrons. The van der Waals surface area contributed by atoms with Crippen molar-refractivity contribution < 1.29 is 9.59 Å². The third kappa shape index (κ3) is 9.36. The summed E-state index contributed by atoms with van der Waals surface area (Å²) in [7, 11) is 0. The van der Waals surface area contributed by atoms with Gasteiger partial charge in [0.05, 0.1) is 0 Å². The van der Waals surface area contributed by atoms with Gasteiger partial charge in [0.15, 0.2) is 0 Å². The molecule has 0 saturated heterocycles. The molecule has 2 amide bonds. The Labute approximate surface area is 230 Å². The average molecular weight is 540 g/mol. The van der Waals surface area contributed by atoms with Gasteiger partial charge in [-0.2, -0.15) is 0 Å². The van der Waals surface area contributed by atoms with Crippen molar-refractivity contribution in [3.05, 3.63) is 81.9 Å². The molecule has 0 aliphatic heterocycles. The van der Waals surface area contributed by atoms with Gasteiger partial charge in [0.2, 0.25) is 11.8 Å². The summed E-state index contributed by atoms with van der Waals surface area (Å²) in [5.41, 5.74) is 1.85. The minimum atomic E-state index is -0.0359. The van der Waals surface area contributed by atoms with Crippen LogP contribution in [-0.4, -0.2) is 23.9 Å². The smallest absolute Gasteiger partial charge is 0.244 e. The summed E-state index contributed by atoms with van der Waals surface area (Å²) in [6, 6.07) is 15.5. The van der Waals surface area contributed by atoms with E-state index < -0.39 is 0 Å². The number of carbonyl (C=O) groups is 2. The fourth-order valence-electron chi connectivity index (χ4n) is 5.62. The normalized spacial score (nSPS) is 24.3. The van der Waals surface area contributed by atoms with E-state index in [-0.39, 0.29) is 23.9 Å². The zero-order valence-corrected chi connectivity index (χ0v) is 22.7. The molecule has 2 fully saturated rings. The Kier molecular flexibility index (Phi) is 10.3. The Morgan fingerprint density at radius 1 is 0.676 bits per heavy atom. The van der Waals surface area contributed by atoms with Gasteiger partial charge < -0.3 is 10.6 Å². The molecule has 2 aromatic rings. The third-order valence-electron chi connectivity index (χ3n) is 7.60. The molecular weight excluding hydrogens is 503 g/mol. The van der Waals surface area contributed by atoms with Crippen LogP contribution in [0.4, 0.5) is 0 Å². The van der Waals surface area contributed by atoms with Gasteiger partial charge in [-0.15, -0.1) is 0 Å². The molecule has 2 aliphatic rings. The molecule has 4 nitrogen and oxygen atoms in total. The quantitative estimate of drug-likeness (QED) is 0.342. The van der Waals surface area contributed by atoms with Crippen LogP contribution >= 0.6 is 23.2 Å². The number of halogens is 2. The van der Waals surface area contributed by atoms with Crippen LogP contribution in [0, 0.1) is 11.8 Å². The van der Waals surface area contributed by atoms with Gasteiger partial charge in [-0.3, -0.25) is 9.59 Å². The Morgan fingerprint density at radius 3 is 1.46 bits per heavy atom. The molecule has 0 heterocycles. The molecule has 2 saturated carbocycles. The highest BCUT2D eigenvalue weighted by Gasteiger charge is 2.27. The van der Waals surface area contributed by atoms with E-state index in [0.717, 1.165) is 48.6 Å². The highest BCUT2D eigenvalue weighted by molar-refractivity contribution is 6.31. The first-order valence-electron chi connectivity index (χ1n) is 13.4. The first-order valence-corrected chi connectivity index (χ1v) is 14.2. The highest BCUT2D eigenvalue weighted by Crippen LogP contribution is 2.35. The summed E-state index contributed by atoms with van der Waals surface area (Å²) in [5, 5.41) is 7.66. The second kappa shape index (κ2) is 13.8. The minimum Gasteiger partial charge on any atom is -0.350 e. The van der Waals surface area contributed by atoms with Crippen molar-refractivity contribution in [3.63, 3.8) is 0 Å². The Morgan fingerprint density at radius 2 is 1.08 bits per heavy atom. The number of nitrogens with one attached hydrogen (secondary N) is 2. The van der Waals surface area contributed by atoms with Gasteiger partial charge in [0.1, 0.15) is 0 Å². The number of hydrogen-bond donors (Lipinski definition) is 2. The van der Waals surface area contributed by atoms with Crippen LogP contribution in [0.5, 0.6) is 0 Å². The zero-order valence-electron chi connectivity index (χ0n) is 21.2. The van der Waals surface area contributed by atoms with E-state index in [0.29, 0.717) is 10.0 Å². The number of carbonyl (C=O) groups excluding carboxylic acids is 2. The van der Waals surface area contributed by atoms with E-state index in [1.54, 1.807) is 24.3 Å².